The van der Waals surface area contributed by atoms with E-state index < -0.39 is 12.1 Å². The van der Waals surface area contributed by atoms with Gasteiger partial charge in [-0.3, -0.25) is 10.1 Å². The van der Waals surface area contributed by atoms with Crippen LogP contribution in [0.3, 0.4) is 0 Å². The van der Waals surface area contributed by atoms with E-state index in [9.17, 15) is 9.59 Å². The van der Waals surface area contributed by atoms with E-state index in [1.165, 1.54) is 0 Å². The van der Waals surface area contributed by atoms with Crippen LogP contribution < -0.4 is 10.6 Å². The Bertz CT molecular complexity index is 205. The minimum atomic E-state index is -0.394. The Hall–Kier alpha value is -1.06. The lowest BCUT2D eigenvalue weighted by Crippen LogP contribution is -2.41. The minimum absolute atomic E-state index is 0.212. The van der Waals surface area contributed by atoms with Crippen LogP contribution in [0.1, 0.15) is 20.8 Å². The van der Waals surface area contributed by atoms with Crippen molar-refractivity contribution in [3.63, 3.8) is 0 Å². The highest BCUT2D eigenvalue weighted by atomic mass is 16.2. The molecule has 0 spiro atoms. The van der Waals surface area contributed by atoms with E-state index in [2.05, 4.69) is 10.6 Å². The molecule has 3 amide bonds. The third kappa shape index (κ3) is 1.50. The number of hydrogen-bond donors (Lipinski definition) is 2. The second kappa shape index (κ2) is 2.22. The summed E-state index contributed by atoms with van der Waals surface area (Å²) >= 11 is 0. The molecular weight excluding hydrogens is 144 g/mol. The van der Waals surface area contributed by atoms with Crippen LogP contribution in [0.25, 0.3) is 0 Å². The Labute approximate surface area is 65.3 Å². The standard InChI is InChI=1S/C7H12N2O2/c1-7(2,3)4-5(10)9-6(11)8-4/h4H,1-3H3,(H2,8,9,10,11)/t4-/m0/s1. The van der Waals surface area contributed by atoms with E-state index in [4.69, 9.17) is 0 Å². The highest BCUT2D eigenvalue weighted by Gasteiger charge is 2.38. The van der Waals surface area contributed by atoms with Gasteiger partial charge >= 0.3 is 6.03 Å². The lowest BCUT2D eigenvalue weighted by atomic mass is 9.87. The summed E-state index contributed by atoms with van der Waals surface area (Å²) < 4.78 is 0. The molecular formula is C7H12N2O2. The molecule has 0 unspecified atom stereocenters. The smallest absolute Gasteiger partial charge is 0.322 e. The van der Waals surface area contributed by atoms with Gasteiger partial charge in [0, 0.05) is 0 Å². The molecule has 1 fully saturated rings. The highest BCUT2D eigenvalue weighted by Crippen LogP contribution is 2.20. The van der Waals surface area contributed by atoms with Crippen molar-refractivity contribution in [1.82, 2.24) is 10.6 Å². The van der Waals surface area contributed by atoms with Crippen molar-refractivity contribution in [1.29, 1.82) is 0 Å². The number of carbonyl (C=O) groups excluding carboxylic acids is 2. The van der Waals surface area contributed by atoms with Crippen LogP contribution in [0.15, 0.2) is 0 Å². The maximum absolute atomic E-state index is 11.0. The molecule has 0 aromatic rings. The fourth-order valence-electron chi connectivity index (χ4n) is 1.03. The first-order valence-electron chi connectivity index (χ1n) is 3.52. The number of urea groups is 1. The largest absolute Gasteiger partial charge is 0.325 e. The summed E-state index contributed by atoms with van der Waals surface area (Å²) in [5.74, 6) is -0.234. The predicted octanol–water partition coefficient (Wildman–Crippen LogP) is 0.241. The number of imide groups is 1. The van der Waals surface area contributed by atoms with Gasteiger partial charge in [0.15, 0.2) is 0 Å². The number of hydrogen-bond acceptors (Lipinski definition) is 2. The molecule has 0 aliphatic carbocycles. The topological polar surface area (TPSA) is 58.2 Å². The number of nitrogens with one attached hydrogen (secondary N) is 2. The summed E-state index contributed by atoms with van der Waals surface area (Å²) in [6, 6.07) is -0.787. The van der Waals surface area contributed by atoms with Gasteiger partial charge in [-0.15, -0.1) is 0 Å². The Morgan fingerprint density at radius 3 is 2.00 bits per heavy atom. The second-order valence-corrected chi connectivity index (χ2v) is 3.76. The van der Waals surface area contributed by atoms with Crippen LogP contribution in [-0.2, 0) is 4.79 Å². The van der Waals surface area contributed by atoms with Crippen molar-refractivity contribution >= 4 is 11.9 Å². The normalized spacial score (nSPS) is 24.8. The zero-order chi connectivity index (χ0) is 8.65. The van der Waals surface area contributed by atoms with E-state index in [-0.39, 0.29) is 11.3 Å². The van der Waals surface area contributed by atoms with Gasteiger partial charge in [0.2, 0.25) is 0 Å². The number of carbonyl (C=O) groups is 2. The summed E-state index contributed by atoms with van der Waals surface area (Å²) in [6.07, 6.45) is 0. The van der Waals surface area contributed by atoms with Crippen LogP contribution >= 0.6 is 0 Å². The molecule has 4 heteroatoms. The first-order valence-corrected chi connectivity index (χ1v) is 3.52. The molecule has 0 saturated carbocycles. The predicted molar refractivity (Wildman–Crippen MR) is 39.9 cm³/mol. The van der Waals surface area contributed by atoms with Crippen LogP contribution in [-0.4, -0.2) is 18.0 Å². The quantitative estimate of drug-likeness (QED) is 0.493. The van der Waals surface area contributed by atoms with E-state index >= 15 is 0 Å². The van der Waals surface area contributed by atoms with E-state index in [0.29, 0.717) is 0 Å². The fraction of sp³-hybridized carbons (Fsp3) is 0.714. The Kier molecular flexibility index (Phi) is 1.62. The van der Waals surface area contributed by atoms with Crippen LogP contribution in [0, 0.1) is 5.41 Å². The first kappa shape index (κ1) is 8.04. The monoisotopic (exact) mass is 156 g/mol. The van der Waals surface area contributed by atoms with E-state index in [0.717, 1.165) is 0 Å². The minimum Gasteiger partial charge on any atom is -0.325 e. The Morgan fingerprint density at radius 2 is 1.82 bits per heavy atom. The fourth-order valence-corrected chi connectivity index (χ4v) is 1.03. The summed E-state index contributed by atoms with van der Waals surface area (Å²) in [6.45, 7) is 5.72. The molecule has 62 valence electrons. The van der Waals surface area contributed by atoms with Gasteiger partial charge in [-0.25, -0.2) is 4.79 Å². The van der Waals surface area contributed by atoms with Crippen molar-refractivity contribution in [2.24, 2.45) is 5.41 Å². The maximum Gasteiger partial charge on any atom is 0.322 e. The highest BCUT2D eigenvalue weighted by molar-refractivity contribution is 6.04. The van der Waals surface area contributed by atoms with E-state index in [1.54, 1.807) is 0 Å². The molecule has 4 nitrogen and oxygen atoms in total. The lowest BCUT2D eigenvalue weighted by molar-refractivity contribution is -0.122. The molecule has 2 N–H and O–H groups in total. The first-order chi connectivity index (χ1) is 4.91. The maximum atomic E-state index is 11.0. The average Bonchev–Trinajstić information content (AvgIpc) is 2.08. The molecule has 0 aromatic heterocycles. The molecule has 1 aliphatic rings. The van der Waals surface area contributed by atoms with E-state index in [1.807, 2.05) is 20.8 Å². The van der Waals surface area contributed by atoms with Crippen molar-refractivity contribution in [2.75, 3.05) is 0 Å². The van der Waals surface area contributed by atoms with Crippen LogP contribution in [0.2, 0.25) is 0 Å². The van der Waals surface area contributed by atoms with Crippen molar-refractivity contribution in [3.8, 4) is 0 Å². The Balaban J connectivity index is 2.76. The van der Waals surface area contributed by atoms with Crippen LogP contribution in [0.4, 0.5) is 4.79 Å². The van der Waals surface area contributed by atoms with Gasteiger partial charge in [0.05, 0.1) is 0 Å². The molecule has 0 aromatic carbocycles. The van der Waals surface area contributed by atoms with Gasteiger partial charge in [-0.2, -0.15) is 0 Å². The van der Waals surface area contributed by atoms with Crippen molar-refractivity contribution in [3.05, 3.63) is 0 Å². The van der Waals surface area contributed by atoms with Gasteiger partial charge in [-0.1, -0.05) is 20.8 Å². The third-order valence-electron chi connectivity index (χ3n) is 1.64. The molecule has 0 radical (unpaired) electrons. The molecule has 1 heterocycles. The number of rotatable bonds is 0. The van der Waals surface area contributed by atoms with Gasteiger partial charge in [0.1, 0.15) is 6.04 Å². The van der Waals surface area contributed by atoms with Gasteiger partial charge < -0.3 is 5.32 Å². The van der Waals surface area contributed by atoms with Crippen LogP contribution in [0.5, 0.6) is 0 Å². The van der Waals surface area contributed by atoms with Gasteiger partial charge in [-0.05, 0) is 5.41 Å². The lowest BCUT2D eigenvalue weighted by Gasteiger charge is -2.23. The summed E-state index contributed by atoms with van der Waals surface area (Å²) in [4.78, 5) is 21.7. The summed E-state index contributed by atoms with van der Waals surface area (Å²) in [7, 11) is 0. The zero-order valence-electron chi connectivity index (χ0n) is 6.89. The molecule has 1 aliphatic heterocycles. The third-order valence-corrected chi connectivity index (χ3v) is 1.64. The van der Waals surface area contributed by atoms with Crippen molar-refractivity contribution in [2.45, 2.75) is 26.8 Å². The van der Waals surface area contributed by atoms with Gasteiger partial charge in [0.25, 0.3) is 5.91 Å². The SMILES string of the molecule is CC(C)(C)[C@H]1NC(=O)NC1=O. The second-order valence-electron chi connectivity index (χ2n) is 3.76. The summed E-state index contributed by atoms with van der Waals surface area (Å²) in [5, 5.41) is 4.73. The molecule has 1 rings (SSSR count). The Morgan fingerprint density at radius 1 is 1.27 bits per heavy atom. The average molecular weight is 156 g/mol. The molecule has 1 saturated heterocycles. The summed E-state index contributed by atoms with van der Waals surface area (Å²) in [5.41, 5.74) is -0.212. The number of amides is 3. The molecule has 11 heavy (non-hydrogen) atoms. The van der Waals surface area contributed by atoms with Crippen molar-refractivity contribution < 1.29 is 9.59 Å². The zero-order valence-corrected chi connectivity index (χ0v) is 6.89. The molecule has 0 bridgehead atoms. The molecule has 1 atom stereocenters.